The van der Waals surface area contributed by atoms with Crippen LogP contribution in [0.25, 0.3) is 11.0 Å². The molecule has 0 amide bonds. The Hall–Kier alpha value is -4.39. The van der Waals surface area contributed by atoms with E-state index in [1.54, 1.807) is 38.4 Å². The maximum atomic E-state index is 13.7. The zero-order valence-electron chi connectivity index (χ0n) is 21.4. The Labute approximate surface area is 220 Å². The number of nitrogens with one attached hydrogen (secondary N) is 2. The van der Waals surface area contributed by atoms with E-state index < -0.39 is 16.0 Å². The van der Waals surface area contributed by atoms with Crippen molar-refractivity contribution in [2.45, 2.75) is 24.8 Å². The van der Waals surface area contributed by atoms with Gasteiger partial charge in [0.1, 0.15) is 11.7 Å². The minimum absolute atomic E-state index is 0.000595. The first-order valence-corrected chi connectivity index (χ1v) is 13.3. The Morgan fingerprint density at radius 1 is 1.18 bits per heavy atom. The summed E-state index contributed by atoms with van der Waals surface area (Å²) in [6.45, 7) is 2.22. The number of carbonyl (C=O) groups is 1. The molecule has 12 nitrogen and oxygen atoms in total. The minimum atomic E-state index is -4.03. The molecule has 2 aromatic heterocycles. The molecule has 0 aliphatic heterocycles. The van der Waals surface area contributed by atoms with Crippen LogP contribution in [0.15, 0.2) is 59.8 Å². The molecular weight excluding hydrogens is 508 g/mol. The monoisotopic (exact) mass is 538 g/mol. The summed E-state index contributed by atoms with van der Waals surface area (Å²) in [6, 6.07) is 11.9. The van der Waals surface area contributed by atoms with Gasteiger partial charge in [-0.15, -0.1) is 0 Å². The number of rotatable bonds is 11. The Bertz CT molecular complexity index is 1570. The fourth-order valence-electron chi connectivity index (χ4n) is 3.98. The predicted molar refractivity (Wildman–Crippen MR) is 144 cm³/mol. The lowest BCUT2D eigenvalue weighted by Gasteiger charge is -2.22. The number of ether oxygens (including phenoxy) is 1. The molecule has 4 aromatic rings. The quantitative estimate of drug-likeness (QED) is 0.149. The fourth-order valence-corrected chi connectivity index (χ4v) is 5.43. The minimum Gasteiger partial charge on any atom is -0.466 e. The van der Waals surface area contributed by atoms with Crippen LogP contribution < -0.4 is 15.4 Å². The van der Waals surface area contributed by atoms with E-state index in [-0.39, 0.29) is 30.3 Å². The molecule has 13 heteroatoms. The first-order valence-electron chi connectivity index (χ1n) is 11.9. The Morgan fingerprint density at radius 3 is 2.55 bits per heavy atom. The largest absolute Gasteiger partial charge is 0.466 e. The van der Waals surface area contributed by atoms with Gasteiger partial charge >= 0.3 is 5.97 Å². The van der Waals surface area contributed by atoms with Gasteiger partial charge in [0.2, 0.25) is 0 Å². The molecule has 4 N–H and O–H groups in total. The van der Waals surface area contributed by atoms with E-state index in [2.05, 4.69) is 15.4 Å². The number of nitrogen functional groups attached to an aromatic ring is 1. The molecule has 2 aromatic carbocycles. The van der Waals surface area contributed by atoms with Crippen molar-refractivity contribution in [2.75, 3.05) is 22.8 Å². The van der Waals surface area contributed by atoms with Crippen molar-refractivity contribution in [3.05, 3.63) is 66.2 Å². The van der Waals surface area contributed by atoms with Crippen molar-refractivity contribution < 1.29 is 17.9 Å². The van der Waals surface area contributed by atoms with Gasteiger partial charge in [0.15, 0.2) is 0 Å². The third kappa shape index (κ3) is 5.62. The van der Waals surface area contributed by atoms with E-state index in [4.69, 9.17) is 15.9 Å². The van der Waals surface area contributed by atoms with Crippen LogP contribution in [-0.2, 0) is 40.2 Å². The zero-order valence-corrected chi connectivity index (χ0v) is 22.2. The summed E-state index contributed by atoms with van der Waals surface area (Å²) in [4.78, 5) is 16.7. The smallest absolute Gasteiger partial charge is 0.307 e. The number of nitrogens with zero attached hydrogens (tertiary/aromatic N) is 5. The molecule has 0 aliphatic carbocycles. The van der Waals surface area contributed by atoms with Crippen LogP contribution in [0, 0.1) is 5.41 Å². The summed E-state index contributed by atoms with van der Waals surface area (Å²) < 4.78 is 36.9. The zero-order chi connectivity index (χ0) is 27.4. The lowest BCUT2D eigenvalue weighted by Crippen LogP contribution is -2.33. The summed E-state index contributed by atoms with van der Waals surface area (Å²) in [5, 5.41) is 14.9. The normalized spacial score (nSPS) is 11.4. The summed E-state index contributed by atoms with van der Waals surface area (Å²) >= 11 is 0. The molecule has 0 saturated carbocycles. The number of imidazole rings is 1. The van der Waals surface area contributed by atoms with Gasteiger partial charge in [-0.2, -0.15) is 5.10 Å². The number of sulfonamides is 1. The van der Waals surface area contributed by atoms with E-state index in [1.807, 2.05) is 23.7 Å². The van der Waals surface area contributed by atoms with Gasteiger partial charge in [-0.3, -0.25) is 19.2 Å². The van der Waals surface area contributed by atoms with Crippen molar-refractivity contribution in [3.8, 4) is 0 Å². The predicted octanol–water partition coefficient (Wildman–Crippen LogP) is 2.35. The Kier molecular flexibility index (Phi) is 7.67. The van der Waals surface area contributed by atoms with Crippen molar-refractivity contribution in [3.63, 3.8) is 0 Å². The first kappa shape index (κ1) is 26.7. The second kappa shape index (κ2) is 10.9. The number of hydrogen-bond donors (Lipinski definition) is 3. The molecule has 2 heterocycles. The van der Waals surface area contributed by atoms with E-state index in [1.165, 1.54) is 23.0 Å². The fraction of sp³-hybridized carbons (Fsp3) is 0.280. The number of hydrogen-bond acceptors (Lipinski definition) is 8. The number of aryl methyl sites for hydroxylation is 2. The second-order valence-corrected chi connectivity index (χ2v) is 10.4. The highest BCUT2D eigenvalue weighted by Gasteiger charge is 2.27. The number of aromatic nitrogens is 4. The first-order chi connectivity index (χ1) is 18.1. The van der Waals surface area contributed by atoms with Crippen molar-refractivity contribution in [1.29, 1.82) is 5.41 Å². The highest BCUT2D eigenvalue weighted by molar-refractivity contribution is 7.92. The summed E-state index contributed by atoms with van der Waals surface area (Å²) in [7, 11) is -0.484. The Balaban J connectivity index is 1.59. The molecular formula is C25H30N8O4S. The molecule has 0 bridgehead atoms. The van der Waals surface area contributed by atoms with Crippen LogP contribution in [0.2, 0.25) is 0 Å². The number of benzene rings is 2. The van der Waals surface area contributed by atoms with Crippen molar-refractivity contribution in [2.24, 2.45) is 19.8 Å². The molecule has 0 aliphatic rings. The van der Waals surface area contributed by atoms with Gasteiger partial charge in [0.25, 0.3) is 10.0 Å². The molecule has 4 rings (SSSR count). The van der Waals surface area contributed by atoms with E-state index >= 15 is 0 Å². The van der Waals surface area contributed by atoms with Gasteiger partial charge in [-0.1, -0.05) is 0 Å². The van der Waals surface area contributed by atoms with Crippen LogP contribution >= 0.6 is 0 Å². The molecule has 0 spiro atoms. The topological polar surface area (TPSA) is 161 Å². The highest BCUT2D eigenvalue weighted by Crippen LogP contribution is 2.27. The number of carbonyl (C=O) groups excluding carboxylic acids is 1. The molecule has 0 unspecified atom stereocenters. The van der Waals surface area contributed by atoms with Crippen molar-refractivity contribution in [1.82, 2.24) is 19.3 Å². The number of anilines is 2. The number of fused-ring (bicyclic) bond motifs is 1. The average molecular weight is 539 g/mol. The molecule has 0 atom stereocenters. The molecule has 38 heavy (non-hydrogen) atoms. The van der Waals surface area contributed by atoms with Gasteiger partial charge in [0.05, 0.1) is 47.4 Å². The van der Waals surface area contributed by atoms with E-state index in [9.17, 15) is 13.2 Å². The third-order valence-electron chi connectivity index (χ3n) is 5.98. The van der Waals surface area contributed by atoms with Crippen LogP contribution in [0.5, 0.6) is 0 Å². The number of esters is 1. The maximum absolute atomic E-state index is 13.7. The van der Waals surface area contributed by atoms with E-state index in [0.29, 0.717) is 29.1 Å². The van der Waals surface area contributed by atoms with Crippen LogP contribution in [0.1, 0.15) is 24.7 Å². The molecule has 200 valence electrons. The van der Waals surface area contributed by atoms with E-state index in [0.717, 1.165) is 15.5 Å². The van der Waals surface area contributed by atoms with Crippen LogP contribution in [0.4, 0.5) is 11.4 Å². The molecule has 0 fully saturated rings. The lowest BCUT2D eigenvalue weighted by atomic mass is 10.2. The number of amidine groups is 1. The second-order valence-electron chi connectivity index (χ2n) is 8.59. The maximum Gasteiger partial charge on any atom is 0.307 e. The number of nitrogens with two attached hydrogens (primary N) is 1. The summed E-state index contributed by atoms with van der Waals surface area (Å²) in [5.74, 6) is 0.224. The molecule has 0 saturated heterocycles. The van der Waals surface area contributed by atoms with Gasteiger partial charge in [0, 0.05) is 38.1 Å². The molecule has 0 radical (unpaired) electrons. The van der Waals surface area contributed by atoms with Gasteiger partial charge in [-0.25, -0.2) is 13.4 Å². The van der Waals surface area contributed by atoms with Gasteiger partial charge < -0.3 is 20.4 Å². The summed E-state index contributed by atoms with van der Waals surface area (Å²) in [6.07, 6.45) is 2.92. The average Bonchev–Trinajstić information content (AvgIpc) is 3.45. The van der Waals surface area contributed by atoms with Crippen LogP contribution in [0.3, 0.4) is 0 Å². The van der Waals surface area contributed by atoms with Crippen molar-refractivity contribution >= 4 is 44.2 Å². The van der Waals surface area contributed by atoms with Gasteiger partial charge in [-0.05, 0) is 49.4 Å². The summed E-state index contributed by atoms with van der Waals surface area (Å²) in [5.41, 5.74) is 8.61. The van der Waals surface area contributed by atoms with Crippen LogP contribution in [-0.4, -0.2) is 52.7 Å². The SMILES string of the molecule is CCOC(=O)CCN(c1cnn(C)c1)S(=O)(=O)c1ccc2c(c1)nc(CNc1ccc(C(=N)N)cc1)n2C. The standard InChI is InChI=1S/C25H30N8O4S/c1-4-37-24(34)11-12-33(19-14-29-31(2)16-19)38(35,36)20-9-10-22-21(13-20)30-23(32(22)3)15-28-18-7-5-17(6-8-18)25(26)27/h5-10,13-14,16,28H,4,11-12,15H2,1-3H3,(H3,26,27). The lowest BCUT2D eigenvalue weighted by molar-refractivity contribution is -0.142. The third-order valence-corrected chi connectivity index (χ3v) is 7.81. The Morgan fingerprint density at radius 2 is 1.92 bits per heavy atom. The highest BCUT2D eigenvalue weighted by atomic mass is 32.2.